The summed E-state index contributed by atoms with van der Waals surface area (Å²) in [6, 6.07) is 4.91. The number of aromatic nitrogens is 1. The van der Waals surface area contributed by atoms with Crippen molar-refractivity contribution in [3.63, 3.8) is 0 Å². The third-order valence-corrected chi connectivity index (χ3v) is 2.69. The van der Waals surface area contributed by atoms with Crippen LogP contribution in [0.15, 0.2) is 27.8 Å². The third-order valence-electron chi connectivity index (χ3n) is 2.69. The van der Waals surface area contributed by atoms with E-state index in [4.69, 9.17) is 4.74 Å². The molecule has 1 aromatic heterocycles. The molecule has 1 N–H and O–H groups in total. The summed E-state index contributed by atoms with van der Waals surface area (Å²) < 4.78 is 4.88. The SMILES string of the molecule is COc1cc(=O)c2cc(C)cc(C)c2[nH]c1=O. The lowest BCUT2D eigenvalue weighted by atomic mass is 10.1. The van der Waals surface area contributed by atoms with Gasteiger partial charge >= 0.3 is 0 Å². The minimum Gasteiger partial charge on any atom is -0.491 e. The highest BCUT2D eigenvalue weighted by Crippen LogP contribution is 2.14. The van der Waals surface area contributed by atoms with E-state index in [0.717, 1.165) is 11.1 Å². The zero-order chi connectivity index (χ0) is 12.6. The second-order valence-electron chi connectivity index (χ2n) is 4.04. The van der Waals surface area contributed by atoms with Crippen molar-refractivity contribution in [2.45, 2.75) is 13.8 Å². The molecule has 0 aliphatic rings. The monoisotopic (exact) mass is 231 g/mol. The van der Waals surface area contributed by atoms with Gasteiger partial charge in [0.1, 0.15) is 0 Å². The van der Waals surface area contributed by atoms with E-state index in [-0.39, 0.29) is 11.2 Å². The smallest absolute Gasteiger partial charge is 0.290 e. The molecule has 0 radical (unpaired) electrons. The van der Waals surface area contributed by atoms with Gasteiger partial charge in [0, 0.05) is 11.5 Å². The number of fused-ring (bicyclic) bond motifs is 1. The van der Waals surface area contributed by atoms with Crippen LogP contribution in [0.1, 0.15) is 11.1 Å². The molecule has 2 aromatic rings. The molecule has 0 bridgehead atoms. The maximum atomic E-state index is 12.0. The molecule has 88 valence electrons. The predicted molar refractivity (Wildman–Crippen MR) is 66.9 cm³/mol. The van der Waals surface area contributed by atoms with Crippen LogP contribution in [0.4, 0.5) is 0 Å². The molecule has 0 aliphatic heterocycles. The molecule has 0 aliphatic carbocycles. The molecular weight excluding hydrogens is 218 g/mol. The van der Waals surface area contributed by atoms with Crippen LogP contribution in [0.3, 0.4) is 0 Å². The summed E-state index contributed by atoms with van der Waals surface area (Å²) >= 11 is 0. The normalized spacial score (nSPS) is 10.5. The van der Waals surface area contributed by atoms with Crippen molar-refractivity contribution in [1.82, 2.24) is 4.98 Å². The van der Waals surface area contributed by atoms with Crippen molar-refractivity contribution in [3.05, 3.63) is 49.9 Å². The van der Waals surface area contributed by atoms with Crippen molar-refractivity contribution in [3.8, 4) is 5.75 Å². The Labute approximate surface area is 97.9 Å². The first-order valence-corrected chi connectivity index (χ1v) is 5.25. The summed E-state index contributed by atoms with van der Waals surface area (Å²) in [6.07, 6.45) is 0. The standard InChI is InChI=1S/C13H13NO3/c1-7-4-8(2)12-9(5-7)10(15)6-11(17-3)13(16)14-12/h4-6H,1-3H3,(H,14,16). The Kier molecular flexibility index (Phi) is 2.71. The fourth-order valence-corrected chi connectivity index (χ4v) is 1.92. The Hall–Kier alpha value is -2.10. The summed E-state index contributed by atoms with van der Waals surface area (Å²) in [5, 5.41) is 0.503. The molecule has 17 heavy (non-hydrogen) atoms. The molecule has 0 fully saturated rings. The minimum atomic E-state index is -0.397. The van der Waals surface area contributed by atoms with Crippen LogP contribution in [-0.4, -0.2) is 12.1 Å². The molecule has 0 saturated heterocycles. The molecule has 1 aromatic carbocycles. The summed E-state index contributed by atoms with van der Waals surface area (Å²) in [4.78, 5) is 26.4. The number of hydrogen-bond donors (Lipinski definition) is 1. The molecule has 0 spiro atoms. The topological polar surface area (TPSA) is 59.2 Å². The Morgan fingerprint density at radius 3 is 2.47 bits per heavy atom. The van der Waals surface area contributed by atoms with Gasteiger partial charge in [-0.1, -0.05) is 6.07 Å². The van der Waals surface area contributed by atoms with Gasteiger partial charge in [-0.25, -0.2) is 0 Å². The summed E-state index contributed by atoms with van der Waals surface area (Å²) in [5.74, 6) is 0.0308. The second-order valence-corrected chi connectivity index (χ2v) is 4.04. The second kappa shape index (κ2) is 4.05. The van der Waals surface area contributed by atoms with Crippen molar-refractivity contribution < 1.29 is 4.74 Å². The Bertz CT molecular complexity index is 701. The number of aromatic amines is 1. The lowest BCUT2D eigenvalue weighted by Gasteiger charge is -1.99. The quantitative estimate of drug-likeness (QED) is 0.809. The van der Waals surface area contributed by atoms with Crippen molar-refractivity contribution in [2.24, 2.45) is 0 Å². The highest BCUT2D eigenvalue weighted by molar-refractivity contribution is 5.81. The first-order valence-electron chi connectivity index (χ1n) is 5.25. The lowest BCUT2D eigenvalue weighted by Crippen LogP contribution is -2.06. The van der Waals surface area contributed by atoms with Gasteiger partial charge in [-0.3, -0.25) is 9.59 Å². The van der Waals surface area contributed by atoms with Crippen LogP contribution >= 0.6 is 0 Å². The molecule has 0 unspecified atom stereocenters. The van der Waals surface area contributed by atoms with E-state index in [1.54, 1.807) is 6.07 Å². The van der Waals surface area contributed by atoms with E-state index in [1.807, 2.05) is 19.9 Å². The number of benzene rings is 1. The van der Waals surface area contributed by atoms with Gasteiger partial charge in [-0.05, 0) is 31.0 Å². The average molecular weight is 231 g/mol. The number of aryl methyl sites for hydroxylation is 2. The number of methoxy groups -OCH3 is 1. The largest absolute Gasteiger partial charge is 0.491 e. The third kappa shape index (κ3) is 1.93. The van der Waals surface area contributed by atoms with Crippen LogP contribution in [0, 0.1) is 13.8 Å². The van der Waals surface area contributed by atoms with E-state index >= 15 is 0 Å². The molecule has 2 rings (SSSR count). The summed E-state index contributed by atoms with van der Waals surface area (Å²) in [6.45, 7) is 3.77. The van der Waals surface area contributed by atoms with Gasteiger partial charge in [-0.15, -0.1) is 0 Å². The molecule has 0 atom stereocenters. The van der Waals surface area contributed by atoms with Crippen LogP contribution in [0.5, 0.6) is 5.75 Å². The van der Waals surface area contributed by atoms with E-state index in [1.165, 1.54) is 13.2 Å². The molecule has 1 heterocycles. The molecule has 4 nitrogen and oxygen atoms in total. The Morgan fingerprint density at radius 1 is 1.12 bits per heavy atom. The van der Waals surface area contributed by atoms with Gasteiger partial charge in [0.25, 0.3) is 5.56 Å². The van der Waals surface area contributed by atoms with Crippen LogP contribution < -0.4 is 15.7 Å². The zero-order valence-corrected chi connectivity index (χ0v) is 9.96. The first kappa shape index (κ1) is 11.4. The lowest BCUT2D eigenvalue weighted by molar-refractivity contribution is 0.409. The average Bonchev–Trinajstić information content (AvgIpc) is 2.38. The van der Waals surface area contributed by atoms with Crippen molar-refractivity contribution >= 4 is 10.9 Å². The van der Waals surface area contributed by atoms with Gasteiger partial charge in [0.2, 0.25) is 0 Å². The predicted octanol–water partition coefficient (Wildman–Crippen LogP) is 1.51. The van der Waals surface area contributed by atoms with E-state index < -0.39 is 5.56 Å². The molecular formula is C13H13NO3. The first-order chi connectivity index (χ1) is 8.02. The van der Waals surface area contributed by atoms with Crippen LogP contribution in [0.2, 0.25) is 0 Å². The Balaban J connectivity index is 3.09. The Morgan fingerprint density at radius 2 is 1.82 bits per heavy atom. The van der Waals surface area contributed by atoms with Gasteiger partial charge in [0.15, 0.2) is 11.2 Å². The molecule has 4 heteroatoms. The van der Waals surface area contributed by atoms with Crippen LogP contribution in [0.25, 0.3) is 10.9 Å². The van der Waals surface area contributed by atoms with E-state index in [0.29, 0.717) is 10.9 Å². The highest BCUT2D eigenvalue weighted by atomic mass is 16.5. The maximum absolute atomic E-state index is 12.0. The van der Waals surface area contributed by atoms with Gasteiger partial charge in [0.05, 0.1) is 12.6 Å². The number of nitrogens with one attached hydrogen (secondary N) is 1. The number of H-pyrrole nitrogens is 1. The van der Waals surface area contributed by atoms with E-state index in [9.17, 15) is 9.59 Å². The summed E-state index contributed by atoms with van der Waals surface area (Å²) in [5.41, 5.74) is 1.80. The van der Waals surface area contributed by atoms with Crippen molar-refractivity contribution in [1.29, 1.82) is 0 Å². The fourth-order valence-electron chi connectivity index (χ4n) is 1.92. The summed E-state index contributed by atoms with van der Waals surface area (Å²) in [7, 11) is 1.37. The number of ether oxygens (including phenoxy) is 1. The van der Waals surface area contributed by atoms with Gasteiger partial charge < -0.3 is 9.72 Å². The number of rotatable bonds is 1. The van der Waals surface area contributed by atoms with E-state index in [2.05, 4.69) is 4.98 Å². The van der Waals surface area contributed by atoms with Crippen molar-refractivity contribution in [2.75, 3.05) is 7.11 Å². The molecule has 0 saturated carbocycles. The molecule has 0 amide bonds. The minimum absolute atomic E-state index is 0.0308. The highest BCUT2D eigenvalue weighted by Gasteiger charge is 2.06. The van der Waals surface area contributed by atoms with Gasteiger partial charge in [-0.2, -0.15) is 0 Å². The number of hydrogen-bond acceptors (Lipinski definition) is 3. The maximum Gasteiger partial charge on any atom is 0.290 e. The van der Waals surface area contributed by atoms with Crippen LogP contribution in [-0.2, 0) is 0 Å². The zero-order valence-electron chi connectivity index (χ0n) is 9.96. The fraction of sp³-hybridized carbons (Fsp3) is 0.231.